The number of piperidine rings is 1. The predicted molar refractivity (Wildman–Crippen MR) is 127 cm³/mol. The number of nitrogens with one attached hydrogen (secondary N) is 1. The summed E-state index contributed by atoms with van der Waals surface area (Å²) in [4.78, 5) is 14.6. The molecule has 3 aromatic rings. The Labute approximate surface area is 192 Å². The number of aromatic nitrogens is 1. The van der Waals surface area contributed by atoms with Gasteiger partial charge in [-0.3, -0.25) is 4.79 Å². The van der Waals surface area contributed by atoms with Crippen LogP contribution in [-0.2, 0) is 4.79 Å². The highest BCUT2D eigenvalue weighted by atomic mass is 19.1. The fourth-order valence-electron chi connectivity index (χ4n) is 4.86. The van der Waals surface area contributed by atoms with Crippen LogP contribution in [0.3, 0.4) is 0 Å². The molecule has 5 rings (SSSR count). The highest BCUT2D eigenvalue weighted by molar-refractivity contribution is 5.91. The Morgan fingerprint density at radius 2 is 1.97 bits per heavy atom. The summed E-state index contributed by atoms with van der Waals surface area (Å²) in [7, 11) is 0. The molecule has 2 atom stereocenters. The maximum Gasteiger partial charge on any atom is 0.244 e. The summed E-state index contributed by atoms with van der Waals surface area (Å²) < 4.78 is 18.8. The third-order valence-electron chi connectivity index (χ3n) is 6.94. The van der Waals surface area contributed by atoms with Crippen LogP contribution in [0.25, 0.3) is 17.0 Å². The maximum atomic E-state index is 13.4. The van der Waals surface area contributed by atoms with Gasteiger partial charge in [0.25, 0.3) is 0 Å². The molecule has 1 N–H and O–H groups in total. The molecule has 0 unspecified atom stereocenters. The Bertz CT molecular complexity index is 1180. The summed E-state index contributed by atoms with van der Waals surface area (Å²) >= 11 is 0. The van der Waals surface area contributed by atoms with Gasteiger partial charge in [-0.05, 0) is 49.7 Å². The van der Waals surface area contributed by atoms with Crippen molar-refractivity contribution in [3.05, 3.63) is 83.8 Å². The summed E-state index contributed by atoms with van der Waals surface area (Å²) in [6, 6.07) is 14.4. The lowest BCUT2D eigenvalue weighted by molar-refractivity contribution is -0.116. The zero-order valence-electron chi connectivity index (χ0n) is 18.5. The van der Waals surface area contributed by atoms with Gasteiger partial charge in [-0.1, -0.05) is 47.6 Å². The van der Waals surface area contributed by atoms with Crippen LogP contribution in [0.2, 0.25) is 0 Å². The number of nitrogens with zero attached hydrogens (tertiary/aromatic N) is 2. The third kappa shape index (κ3) is 4.91. The monoisotopic (exact) mass is 445 g/mol. The Kier molecular flexibility index (Phi) is 6.09. The van der Waals surface area contributed by atoms with E-state index in [0.29, 0.717) is 29.9 Å². The van der Waals surface area contributed by atoms with Crippen molar-refractivity contribution in [2.45, 2.75) is 18.8 Å². The van der Waals surface area contributed by atoms with E-state index in [4.69, 9.17) is 4.52 Å². The van der Waals surface area contributed by atoms with Crippen LogP contribution in [0, 0.1) is 17.7 Å². The van der Waals surface area contributed by atoms with Gasteiger partial charge in [-0.25, -0.2) is 4.39 Å². The van der Waals surface area contributed by atoms with Crippen molar-refractivity contribution in [3.8, 4) is 0 Å². The molecular formula is C27H28FN3O2. The molecule has 2 aliphatic rings. The van der Waals surface area contributed by atoms with Crippen LogP contribution in [0.5, 0.6) is 0 Å². The molecule has 1 aliphatic heterocycles. The number of fused-ring (bicyclic) bond motifs is 1. The van der Waals surface area contributed by atoms with Gasteiger partial charge in [0.15, 0.2) is 5.58 Å². The fraction of sp³-hybridized carbons (Fsp3) is 0.333. The van der Waals surface area contributed by atoms with Crippen LogP contribution >= 0.6 is 0 Å². The van der Waals surface area contributed by atoms with Crippen molar-refractivity contribution in [2.75, 3.05) is 26.2 Å². The Balaban J connectivity index is 1.07. The molecule has 33 heavy (non-hydrogen) atoms. The zero-order valence-corrected chi connectivity index (χ0v) is 18.5. The molecule has 6 heteroatoms. The number of benzene rings is 2. The van der Waals surface area contributed by atoms with Gasteiger partial charge in [-0.15, -0.1) is 0 Å². The van der Waals surface area contributed by atoms with Crippen molar-refractivity contribution in [2.24, 2.45) is 11.8 Å². The number of halogens is 1. The minimum Gasteiger partial charge on any atom is -0.356 e. The SMILES string of the molecule is C=C1[C@H](CNC(=O)/C=C/c2ccccc2)[C@H]1CN1CCC(c2noc3cc(F)ccc23)CC1. The van der Waals surface area contributed by atoms with Crippen molar-refractivity contribution >= 4 is 23.0 Å². The third-order valence-corrected chi connectivity index (χ3v) is 6.94. The lowest BCUT2D eigenvalue weighted by Gasteiger charge is -2.31. The van der Waals surface area contributed by atoms with Gasteiger partial charge >= 0.3 is 0 Å². The average Bonchev–Trinajstić information content (AvgIpc) is 3.24. The molecule has 1 aliphatic carbocycles. The fourth-order valence-corrected chi connectivity index (χ4v) is 4.86. The first-order valence-electron chi connectivity index (χ1n) is 11.6. The van der Waals surface area contributed by atoms with Gasteiger partial charge in [0.1, 0.15) is 5.82 Å². The van der Waals surface area contributed by atoms with E-state index in [0.717, 1.165) is 49.1 Å². The smallest absolute Gasteiger partial charge is 0.244 e. The second-order valence-electron chi connectivity index (χ2n) is 9.06. The number of hydrogen-bond donors (Lipinski definition) is 1. The normalized spacial score (nSPS) is 21.7. The van der Waals surface area contributed by atoms with Crippen LogP contribution < -0.4 is 5.32 Å². The zero-order chi connectivity index (χ0) is 22.8. The molecule has 1 saturated carbocycles. The van der Waals surface area contributed by atoms with E-state index in [9.17, 15) is 9.18 Å². The number of hydrogen-bond acceptors (Lipinski definition) is 4. The number of carbonyl (C=O) groups excluding carboxylic acids is 1. The summed E-state index contributed by atoms with van der Waals surface area (Å²) in [5.74, 6) is 0.754. The highest BCUT2D eigenvalue weighted by Gasteiger charge is 2.43. The molecule has 170 valence electrons. The number of rotatable bonds is 7. The van der Waals surface area contributed by atoms with E-state index < -0.39 is 0 Å². The van der Waals surface area contributed by atoms with E-state index in [1.54, 1.807) is 12.1 Å². The van der Waals surface area contributed by atoms with Crippen LogP contribution in [0.4, 0.5) is 4.39 Å². The minimum absolute atomic E-state index is 0.0714. The van der Waals surface area contributed by atoms with Gasteiger partial charge in [0.05, 0.1) is 5.69 Å². The average molecular weight is 446 g/mol. The number of carbonyl (C=O) groups is 1. The molecule has 5 nitrogen and oxygen atoms in total. The minimum atomic E-state index is -0.303. The molecule has 1 saturated heterocycles. The van der Waals surface area contributed by atoms with Crippen LogP contribution in [0.15, 0.2) is 71.3 Å². The Morgan fingerprint density at radius 3 is 2.76 bits per heavy atom. The summed E-state index contributed by atoms with van der Waals surface area (Å²) in [6.45, 7) is 7.81. The van der Waals surface area contributed by atoms with Crippen molar-refractivity contribution in [1.29, 1.82) is 0 Å². The summed E-state index contributed by atoms with van der Waals surface area (Å²) in [5, 5.41) is 8.17. The van der Waals surface area contributed by atoms with Gasteiger partial charge in [-0.2, -0.15) is 0 Å². The van der Waals surface area contributed by atoms with E-state index in [1.807, 2.05) is 36.4 Å². The molecule has 0 spiro atoms. The molecule has 0 radical (unpaired) electrons. The molecule has 0 bridgehead atoms. The van der Waals surface area contributed by atoms with Gasteiger partial charge in [0.2, 0.25) is 5.91 Å². The second-order valence-corrected chi connectivity index (χ2v) is 9.06. The number of likely N-dealkylation sites (tertiary alicyclic amines) is 1. The largest absolute Gasteiger partial charge is 0.356 e. The Morgan fingerprint density at radius 1 is 1.18 bits per heavy atom. The van der Waals surface area contributed by atoms with Crippen LogP contribution in [-0.4, -0.2) is 42.1 Å². The van der Waals surface area contributed by atoms with Crippen LogP contribution in [0.1, 0.15) is 30.0 Å². The lowest BCUT2D eigenvalue weighted by Crippen LogP contribution is -2.35. The van der Waals surface area contributed by atoms with Gasteiger partial charge < -0.3 is 14.7 Å². The van der Waals surface area contributed by atoms with Gasteiger partial charge in [0, 0.05) is 48.4 Å². The summed E-state index contributed by atoms with van der Waals surface area (Å²) in [6.07, 6.45) is 5.42. The van der Waals surface area contributed by atoms with Crippen molar-refractivity contribution < 1.29 is 13.7 Å². The standard InChI is InChI=1S/C27H28FN3O2/c1-18-23(16-29-26(32)10-7-19-5-3-2-4-6-19)24(18)17-31-13-11-20(12-14-31)27-22-9-8-21(28)15-25(22)33-30-27/h2-10,15,20,23-24H,1,11-14,16-17H2,(H,29,32)/b10-7+/t23-,24-/m0/s1. The summed E-state index contributed by atoms with van der Waals surface area (Å²) in [5.41, 5.74) is 3.71. The van der Waals surface area contributed by atoms with E-state index in [1.165, 1.54) is 17.7 Å². The van der Waals surface area contributed by atoms with E-state index in [2.05, 4.69) is 22.0 Å². The molecule has 2 heterocycles. The second kappa shape index (κ2) is 9.32. The molecular weight excluding hydrogens is 417 g/mol. The predicted octanol–water partition coefficient (Wildman–Crippen LogP) is 4.78. The molecule has 1 amide bonds. The molecule has 2 aromatic carbocycles. The first-order chi connectivity index (χ1) is 16.1. The first kappa shape index (κ1) is 21.6. The van der Waals surface area contributed by atoms with Crippen molar-refractivity contribution in [1.82, 2.24) is 15.4 Å². The number of amides is 1. The van der Waals surface area contributed by atoms with Crippen molar-refractivity contribution in [3.63, 3.8) is 0 Å². The topological polar surface area (TPSA) is 58.4 Å². The Hall–Kier alpha value is -3.25. The first-order valence-corrected chi connectivity index (χ1v) is 11.6. The van der Waals surface area contributed by atoms with E-state index in [-0.39, 0.29) is 11.7 Å². The molecule has 1 aromatic heterocycles. The maximum absolute atomic E-state index is 13.4. The van der Waals surface area contributed by atoms with E-state index >= 15 is 0 Å². The highest BCUT2D eigenvalue weighted by Crippen LogP contribution is 2.45. The quantitative estimate of drug-likeness (QED) is 0.420. The lowest BCUT2D eigenvalue weighted by atomic mass is 9.91. The molecule has 2 fully saturated rings.